The van der Waals surface area contributed by atoms with Gasteiger partial charge in [-0.3, -0.25) is 4.79 Å². The lowest BCUT2D eigenvalue weighted by Crippen LogP contribution is -2.34. The normalized spacial score (nSPS) is 25.5. The van der Waals surface area contributed by atoms with Gasteiger partial charge in [0, 0.05) is 12.2 Å². The smallest absolute Gasteiger partial charge is 0.194 e. The van der Waals surface area contributed by atoms with Gasteiger partial charge in [-0.05, 0) is 31.9 Å². The Balaban J connectivity index is 2.27. The van der Waals surface area contributed by atoms with Crippen LogP contribution in [0.1, 0.15) is 30.1 Å². The van der Waals surface area contributed by atoms with Crippen molar-refractivity contribution in [1.82, 2.24) is 0 Å². The van der Waals surface area contributed by atoms with E-state index in [1.165, 1.54) is 12.1 Å². The van der Waals surface area contributed by atoms with Crippen molar-refractivity contribution >= 4 is 5.78 Å². The molecule has 1 atom stereocenters. The summed E-state index contributed by atoms with van der Waals surface area (Å²) in [5.74, 6) is -0.512. The number of Topliss-reactive ketones (excluding diaryl/α,β-unsaturated/α-hetero) is 1. The first-order valence-electron chi connectivity index (χ1n) is 5.06. The standard InChI is InChI=1S/C12H13FO2/c1-12(6-3-7-15-12)11(14)9-4-2-5-10(13)8-9/h2,4-5,8H,3,6-7H2,1H3. The maximum absolute atomic E-state index is 12.9. The number of hydrogen-bond acceptors (Lipinski definition) is 2. The van der Waals surface area contributed by atoms with Crippen LogP contribution in [0.2, 0.25) is 0 Å². The van der Waals surface area contributed by atoms with Crippen LogP contribution >= 0.6 is 0 Å². The lowest BCUT2D eigenvalue weighted by Gasteiger charge is -2.21. The summed E-state index contributed by atoms with van der Waals surface area (Å²) in [6.07, 6.45) is 1.60. The highest BCUT2D eigenvalue weighted by Gasteiger charge is 2.38. The van der Waals surface area contributed by atoms with E-state index in [9.17, 15) is 9.18 Å². The Morgan fingerprint density at radius 2 is 2.33 bits per heavy atom. The molecule has 1 aliphatic rings. The number of benzene rings is 1. The molecule has 0 spiro atoms. The average molecular weight is 208 g/mol. The topological polar surface area (TPSA) is 26.3 Å². The molecule has 0 aliphatic carbocycles. The summed E-state index contributed by atoms with van der Waals surface area (Å²) in [6, 6.07) is 5.75. The Morgan fingerprint density at radius 3 is 2.93 bits per heavy atom. The molecule has 3 heteroatoms. The van der Waals surface area contributed by atoms with Gasteiger partial charge in [-0.1, -0.05) is 12.1 Å². The second kappa shape index (κ2) is 3.74. The largest absolute Gasteiger partial charge is 0.367 e. The van der Waals surface area contributed by atoms with E-state index >= 15 is 0 Å². The van der Waals surface area contributed by atoms with E-state index in [4.69, 9.17) is 4.74 Å². The van der Waals surface area contributed by atoms with Crippen LogP contribution in [0.5, 0.6) is 0 Å². The molecule has 15 heavy (non-hydrogen) atoms. The van der Waals surface area contributed by atoms with Crippen molar-refractivity contribution in [3.05, 3.63) is 35.6 Å². The van der Waals surface area contributed by atoms with Crippen LogP contribution in [0.15, 0.2) is 24.3 Å². The second-order valence-electron chi connectivity index (χ2n) is 4.02. The maximum atomic E-state index is 12.9. The number of ketones is 1. The molecule has 1 aliphatic heterocycles. The lowest BCUT2D eigenvalue weighted by atomic mass is 9.92. The van der Waals surface area contributed by atoms with E-state index in [1.807, 2.05) is 0 Å². The molecule has 0 N–H and O–H groups in total. The zero-order valence-electron chi connectivity index (χ0n) is 8.63. The fraction of sp³-hybridized carbons (Fsp3) is 0.417. The summed E-state index contributed by atoms with van der Waals surface area (Å²) in [5.41, 5.74) is -0.368. The predicted molar refractivity (Wildman–Crippen MR) is 54.3 cm³/mol. The zero-order chi connectivity index (χ0) is 10.9. The molecule has 0 bridgehead atoms. The van der Waals surface area contributed by atoms with Crippen molar-refractivity contribution in [3.63, 3.8) is 0 Å². The molecular weight excluding hydrogens is 195 g/mol. The number of carbonyl (C=O) groups excluding carboxylic acids is 1. The average Bonchev–Trinajstić information content (AvgIpc) is 2.65. The van der Waals surface area contributed by atoms with Gasteiger partial charge in [0.25, 0.3) is 0 Å². The Labute approximate surface area is 88.1 Å². The van der Waals surface area contributed by atoms with Crippen molar-refractivity contribution in [2.45, 2.75) is 25.4 Å². The number of hydrogen-bond donors (Lipinski definition) is 0. The van der Waals surface area contributed by atoms with Crippen LogP contribution in [0, 0.1) is 5.82 Å². The molecule has 0 radical (unpaired) electrons. The van der Waals surface area contributed by atoms with Crippen molar-refractivity contribution in [1.29, 1.82) is 0 Å². The third-order valence-corrected chi connectivity index (χ3v) is 2.79. The number of halogens is 1. The van der Waals surface area contributed by atoms with Crippen LogP contribution < -0.4 is 0 Å². The molecule has 0 aromatic heterocycles. The zero-order valence-corrected chi connectivity index (χ0v) is 8.63. The molecule has 1 heterocycles. The maximum Gasteiger partial charge on any atom is 0.194 e. The van der Waals surface area contributed by atoms with Crippen molar-refractivity contribution in [3.8, 4) is 0 Å². The van der Waals surface area contributed by atoms with Gasteiger partial charge in [0.05, 0.1) is 0 Å². The van der Waals surface area contributed by atoms with Gasteiger partial charge in [0.1, 0.15) is 11.4 Å². The molecule has 1 unspecified atom stereocenters. The molecule has 0 saturated carbocycles. The van der Waals surface area contributed by atoms with Gasteiger partial charge in [-0.2, -0.15) is 0 Å². The summed E-state index contributed by atoms with van der Waals surface area (Å²) in [5, 5.41) is 0. The predicted octanol–water partition coefficient (Wildman–Crippen LogP) is 2.58. The molecule has 1 saturated heterocycles. The van der Waals surface area contributed by atoms with E-state index in [0.29, 0.717) is 18.6 Å². The van der Waals surface area contributed by atoms with Crippen molar-refractivity contribution in [2.24, 2.45) is 0 Å². The highest BCUT2D eigenvalue weighted by atomic mass is 19.1. The minimum Gasteiger partial charge on any atom is -0.367 e. The molecule has 2 nitrogen and oxygen atoms in total. The van der Waals surface area contributed by atoms with Crippen molar-refractivity contribution < 1.29 is 13.9 Å². The molecule has 0 amide bonds. The summed E-state index contributed by atoms with van der Waals surface area (Å²) in [7, 11) is 0. The van der Waals surface area contributed by atoms with Crippen LogP contribution in [0.4, 0.5) is 4.39 Å². The van der Waals surface area contributed by atoms with Crippen LogP contribution in [0.25, 0.3) is 0 Å². The number of ether oxygens (including phenoxy) is 1. The minimum absolute atomic E-state index is 0.125. The Kier molecular flexibility index (Phi) is 2.57. The minimum atomic E-state index is -0.756. The van der Waals surface area contributed by atoms with E-state index in [0.717, 1.165) is 6.42 Å². The summed E-state index contributed by atoms with van der Waals surface area (Å²) < 4.78 is 18.4. The van der Waals surface area contributed by atoms with Crippen molar-refractivity contribution in [2.75, 3.05) is 6.61 Å². The fourth-order valence-electron chi connectivity index (χ4n) is 1.89. The van der Waals surface area contributed by atoms with E-state index in [1.54, 1.807) is 19.1 Å². The molecular formula is C12H13FO2. The van der Waals surface area contributed by atoms with Gasteiger partial charge in [-0.25, -0.2) is 4.39 Å². The van der Waals surface area contributed by atoms with Gasteiger partial charge in [0.2, 0.25) is 0 Å². The fourth-order valence-corrected chi connectivity index (χ4v) is 1.89. The third kappa shape index (κ3) is 1.92. The second-order valence-corrected chi connectivity index (χ2v) is 4.02. The van der Waals surface area contributed by atoms with Gasteiger partial charge in [0.15, 0.2) is 5.78 Å². The lowest BCUT2D eigenvalue weighted by molar-refractivity contribution is 0.0213. The van der Waals surface area contributed by atoms with Gasteiger partial charge >= 0.3 is 0 Å². The van der Waals surface area contributed by atoms with Crippen LogP contribution in [0.3, 0.4) is 0 Å². The van der Waals surface area contributed by atoms with Gasteiger partial charge < -0.3 is 4.74 Å². The SMILES string of the molecule is CC1(C(=O)c2cccc(F)c2)CCCO1. The summed E-state index contributed by atoms with van der Waals surface area (Å²) in [4.78, 5) is 12.0. The van der Waals surface area contributed by atoms with E-state index in [-0.39, 0.29) is 11.6 Å². The Bertz CT molecular complexity index is 381. The monoisotopic (exact) mass is 208 g/mol. The summed E-state index contributed by atoms with van der Waals surface area (Å²) >= 11 is 0. The van der Waals surface area contributed by atoms with Crippen LogP contribution in [-0.4, -0.2) is 18.0 Å². The van der Waals surface area contributed by atoms with E-state index in [2.05, 4.69) is 0 Å². The Hall–Kier alpha value is -1.22. The number of rotatable bonds is 2. The first kappa shape index (κ1) is 10.3. The molecule has 1 aromatic rings. The summed E-state index contributed by atoms with van der Waals surface area (Å²) in [6.45, 7) is 2.38. The molecule has 1 aromatic carbocycles. The first-order valence-corrected chi connectivity index (χ1v) is 5.06. The number of carbonyl (C=O) groups is 1. The first-order chi connectivity index (χ1) is 7.12. The van der Waals surface area contributed by atoms with E-state index < -0.39 is 5.60 Å². The molecule has 2 rings (SSSR count). The third-order valence-electron chi connectivity index (χ3n) is 2.79. The molecule has 1 fully saturated rings. The quantitative estimate of drug-likeness (QED) is 0.698. The van der Waals surface area contributed by atoms with Gasteiger partial charge in [-0.15, -0.1) is 0 Å². The Morgan fingerprint density at radius 1 is 1.53 bits per heavy atom. The molecule has 80 valence electrons. The van der Waals surface area contributed by atoms with Crippen LogP contribution in [-0.2, 0) is 4.74 Å². The highest BCUT2D eigenvalue weighted by molar-refractivity contribution is 6.02. The highest BCUT2D eigenvalue weighted by Crippen LogP contribution is 2.28.